The van der Waals surface area contributed by atoms with Crippen molar-refractivity contribution in [3.63, 3.8) is 0 Å². The van der Waals surface area contributed by atoms with Gasteiger partial charge in [-0.2, -0.15) is 0 Å². The summed E-state index contributed by atoms with van der Waals surface area (Å²) < 4.78 is 38.6. The Hall–Kier alpha value is -2.40. The highest BCUT2D eigenvalue weighted by Gasteiger charge is 2.38. The molecule has 11 heteroatoms. The first kappa shape index (κ1) is 24.7. The van der Waals surface area contributed by atoms with Crippen LogP contribution in [-0.4, -0.2) is 75.0 Å². The molecule has 0 saturated carbocycles. The molecule has 3 heterocycles. The van der Waals surface area contributed by atoms with Gasteiger partial charge in [-0.25, -0.2) is 18.1 Å². The number of carbonyl (C=O) groups excluding carboxylic acids is 1. The lowest BCUT2D eigenvalue weighted by molar-refractivity contribution is -0.133. The van der Waals surface area contributed by atoms with Crippen LogP contribution in [0, 0.1) is 0 Å². The first-order chi connectivity index (χ1) is 16.3. The van der Waals surface area contributed by atoms with Crippen LogP contribution in [0.2, 0.25) is 5.15 Å². The number of benzene rings is 1. The Balaban J connectivity index is 1.31. The normalized spacial score (nSPS) is 20.0. The minimum absolute atomic E-state index is 0.0936. The van der Waals surface area contributed by atoms with Gasteiger partial charge in [0.2, 0.25) is 15.9 Å². The van der Waals surface area contributed by atoms with Crippen molar-refractivity contribution in [2.45, 2.75) is 42.8 Å². The Labute approximate surface area is 205 Å². The number of hydrogen-bond acceptors (Lipinski definition) is 7. The number of sulfonamides is 1. The van der Waals surface area contributed by atoms with Gasteiger partial charge in [0.25, 0.3) is 0 Å². The summed E-state index contributed by atoms with van der Waals surface area (Å²) in [6.07, 6.45) is 3.29. The Morgan fingerprint density at radius 1 is 1.06 bits per heavy atom. The third-order valence-corrected chi connectivity index (χ3v) is 8.12. The van der Waals surface area contributed by atoms with Crippen LogP contribution < -0.4 is 14.2 Å². The van der Waals surface area contributed by atoms with E-state index in [4.69, 9.17) is 21.1 Å². The molecule has 2 saturated heterocycles. The summed E-state index contributed by atoms with van der Waals surface area (Å²) >= 11 is 5.75. The first-order valence-electron chi connectivity index (χ1n) is 11.2. The quantitative estimate of drug-likeness (QED) is 0.546. The van der Waals surface area contributed by atoms with E-state index in [1.165, 1.54) is 18.3 Å². The van der Waals surface area contributed by atoms with E-state index in [1.54, 1.807) is 14.2 Å². The van der Waals surface area contributed by atoms with Crippen molar-refractivity contribution in [2.75, 3.05) is 33.9 Å². The number of amides is 1. The van der Waals surface area contributed by atoms with E-state index in [0.29, 0.717) is 50.5 Å². The fourth-order valence-corrected chi connectivity index (χ4v) is 5.92. The molecule has 2 aromatic rings. The summed E-state index contributed by atoms with van der Waals surface area (Å²) in [5, 5.41) is 0.244. The molecule has 1 aromatic carbocycles. The summed E-state index contributed by atoms with van der Waals surface area (Å²) in [6.45, 7) is 2.52. The molecule has 0 aliphatic carbocycles. The minimum Gasteiger partial charge on any atom is -0.493 e. The lowest BCUT2D eigenvalue weighted by Crippen LogP contribution is -2.50. The molecule has 1 N–H and O–H groups in total. The zero-order valence-corrected chi connectivity index (χ0v) is 20.8. The van der Waals surface area contributed by atoms with Gasteiger partial charge in [-0.3, -0.25) is 9.69 Å². The number of aromatic nitrogens is 1. The molecular formula is C23H29ClN4O5S. The highest BCUT2D eigenvalue weighted by atomic mass is 35.5. The fourth-order valence-electron chi connectivity index (χ4n) is 4.56. The second-order valence-electron chi connectivity index (χ2n) is 8.50. The lowest BCUT2D eigenvalue weighted by atomic mass is 10.0. The van der Waals surface area contributed by atoms with Crippen molar-refractivity contribution < 1.29 is 22.7 Å². The highest BCUT2D eigenvalue weighted by Crippen LogP contribution is 2.29. The Bertz CT molecular complexity index is 1120. The maximum Gasteiger partial charge on any atom is 0.242 e. The number of nitrogens with zero attached hydrogens (tertiary/aromatic N) is 3. The van der Waals surface area contributed by atoms with E-state index in [1.807, 2.05) is 23.1 Å². The van der Waals surface area contributed by atoms with E-state index in [0.717, 1.165) is 12.0 Å². The van der Waals surface area contributed by atoms with Crippen LogP contribution in [0.15, 0.2) is 41.4 Å². The molecule has 0 radical (unpaired) electrons. The second-order valence-corrected chi connectivity index (χ2v) is 10.6. The van der Waals surface area contributed by atoms with Crippen molar-refractivity contribution in [2.24, 2.45) is 0 Å². The van der Waals surface area contributed by atoms with Gasteiger partial charge in [-0.05, 0) is 49.1 Å². The Morgan fingerprint density at radius 3 is 2.44 bits per heavy atom. The number of likely N-dealkylation sites (tertiary alicyclic amines) is 2. The summed E-state index contributed by atoms with van der Waals surface area (Å²) in [7, 11) is -0.478. The van der Waals surface area contributed by atoms with Gasteiger partial charge in [0.1, 0.15) is 10.0 Å². The van der Waals surface area contributed by atoms with Crippen molar-refractivity contribution in [1.82, 2.24) is 19.5 Å². The molecule has 2 aliphatic rings. The fraction of sp³-hybridized carbons (Fsp3) is 0.478. The van der Waals surface area contributed by atoms with Crippen LogP contribution >= 0.6 is 11.6 Å². The minimum atomic E-state index is -3.66. The maximum absolute atomic E-state index is 13.1. The molecule has 1 atom stereocenters. The van der Waals surface area contributed by atoms with Crippen molar-refractivity contribution >= 4 is 27.5 Å². The smallest absolute Gasteiger partial charge is 0.242 e. The molecule has 0 spiro atoms. The van der Waals surface area contributed by atoms with Crippen LogP contribution in [0.3, 0.4) is 0 Å². The van der Waals surface area contributed by atoms with Crippen LogP contribution in [0.5, 0.6) is 11.5 Å². The number of nitrogens with one attached hydrogen (secondary N) is 1. The summed E-state index contributed by atoms with van der Waals surface area (Å²) in [4.78, 5) is 21.1. The Morgan fingerprint density at radius 2 is 1.79 bits per heavy atom. The van der Waals surface area contributed by atoms with Gasteiger partial charge in [0.15, 0.2) is 11.5 Å². The SMILES string of the molecule is COc1ccc(CN2CCC(N3CCC(NS(=O)(=O)c4ccc(Cl)nc4)CC3)C2=O)cc1OC. The third kappa shape index (κ3) is 5.46. The van der Waals surface area contributed by atoms with Crippen LogP contribution in [-0.2, 0) is 21.4 Å². The van der Waals surface area contributed by atoms with Gasteiger partial charge in [-0.1, -0.05) is 17.7 Å². The number of methoxy groups -OCH3 is 2. The van der Waals surface area contributed by atoms with Crippen molar-refractivity contribution in [1.29, 1.82) is 0 Å². The van der Waals surface area contributed by atoms with Crippen LogP contribution in [0.25, 0.3) is 0 Å². The van der Waals surface area contributed by atoms with E-state index >= 15 is 0 Å². The van der Waals surface area contributed by atoms with E-state index in [-0.39, 0.29) is 28.0 Å². The average molecular weight is 509 g/mol. The topological polar surface area (TPSA) is 101 Å². The van der Waals surface area contributed by atoms with E-state index < -0.39 is 10.0 Å². The largest absolute Gasteiger partial charge is 0.493 e. The van der Waals surface area contributed by atoms with E-state index in [9.17, 15) is 13.2 Å². The zero-order chi connectivity index (χ0) is 24.3. The molecule has 9 nitrogen and oxygen atoms in total. The first-order valence-corrected chi connectivity index (χ1v) is 13.0. The van der Waals surface area contributed by atoms with Gasteiger partial charge in [0, 0.05) is 38.4 Å². The molecule has 4 rings (SSSR count). The summed E-state index contributed by atoms with van der Waals surface area (Å²) in [5.41, 5.74) is 0.983. The number of ether oxygens (including phenoxy) is 2. The monoisotopic (exact) mass is 508 g/mol. The number of rotatable bonds is 8. The van der Waals surface area contributed by atoms with Crippen molar-refractivity contribution in [3.8, 4) is 11.5 Å². The predicted octanol–water partition coefficient (Wildman–Crippen LogP) is 2.30. The standard InChI is InChI=1S/C23H29ClN4O5S/c1-32-20-5-3-16(13-21(20)33-2)15-28-12-9-19(23(28)29)27-10-7-17(8-11-27)26-34(30,31)18-4-6-22(24)25-14-18/h3-6,13-14,17,19,26H,7-12,15H2,1-2H3. The molecule has 0 bridgehead atoms. The molecule has 184 valence electrons. The average Bonchev–Trinajstić information content (AvgIpc) is 3.19. The van der Waals surface area contributed by atoms with Gasteiger partial charge < -0.3 is 14.4 Å². The van der Waals surface area contributed by atoms with Gasteiger partial charge >= 0.3 is 0 Å². The predicted molar refractivity (Wildman–Crippen MR) is 128 cm³/mol. The number of pyridine rings is 1. The van der Waals surface area contributed by atoms with Gasteiger partial charge in [-0.15, -0.1) is 0 Å². The number of carbonyl (C=O) groups is 1. The van der Waals surface area contributed by atoms with Crippen LogP contribution in [0.4, 0.5) is 0 Å². The summed E-state index contributed by atoms with van der Waals surface area (Å²) in [6, 6.07) is 8.23. The van der Waals surface area contributed by atoms with Gasteiger partial charge in [0.05, 0.1) is 20.3 Å². The molecule has 2 fully saturated rings. The summed E-state index contributed by atoms with van der Waals surface area (Å²) in [5.74, 6) is 1.41. The number of piperidine rings is 1. The molecule has 1 aromatic heterocycles. The number of halogens is 1. The highest BCUT2D eigenvalue weighted by molar-refractivity contribution is 7.89. The molecule has 34 heavy (non-hydrogen) atoms. The molecule has 1 amide bonds. The number of hydrogen-bond donors (Lipinski definition) is 1. The van der Waals surface area contributed by atoms with Crippen molar-refractivity contribution in [3.05, 3.63) is 47.2 Å². The van der Waals surface area contributed by atoms with Crippen LogP contribution in [0.1, 0.15) is 24.8 Å². The molecule has 1 unspecified atom stereocenters. The third-order valence-electron chi connectivity index (χ3n) is 6.39. The Kier molecular flexibility index (Phi) is 7.61. The lowest BCUT2D eigenvalue weighted by Gasteiger charge is -2.35. The van der Waals surface area contributed by atoms with E-state index in [2.05, 4.69) is 14.6 Å². The zero-order valence-electron chi connectivity index (χ0n) is 19.2. The second kappa shape index (κ2) is 10.5. The molecule has 2 aliphatic heterocycles. The maximum atomic E-state index is 13.1. The molecular weight excluding hydrogens is 480 g/mol.